The Kier molecular flexibility index (Phi) is 4.01. The SMILES string of the molecule is COCC(O)CCNc1nc2c(N)cccc2o1. The summed E-state index contributed by atoms with van der Waals surface area (Å²) in [5.74, 6) is 0. The van der Waals surface area contributed by atoms with Gasteiger partial charge in [0.2, 0.25) is 0 Å². The van der Waals surface area contributed by atoms with E-state index in [0.717, 1.165) is 0 Å². The summed E-state index contributed by atoms with van der Waals surface area (Å²) in [6, 6.07) is 5.81. The molecule has 1 aromatic heterocycles. The Morgan fingerprint density at radius 2 is 2.39 bits per heavy atom. The van der Waals surface area contributed by atoms with Crippen molar-refractivity contribution in [2.45, 2.75) is 12.5 Å². The molecule has 0 aliphatic carbocycles. The fraction of sp³-hybridized carbons (Fsp3) is 0.417. The number of fused-ring (bicyclic) bond motifs is 1. The van der Waals surface area contributed by atoms with Gasteiger partial charge in [0.05, 0.1) is 18.4 Å². The van der Waals surface area contributed by atoms with Crippen molar-refractivity contribution in [3.63, 3.8) is 0 Å². The van der Waals surface area contributed by atoms with Crippen LogP contribution in [0.15, 0.2) is 22.6 Å². The van der Waals surface area contributed by atoms with E-state index >= 15 is 0 Å². The molecule has 4 N–H and O–H groups in total. The molecule has 18 heavy (non-hydrogen) atoms. The lowest BCUT2D eigenvalue weighted by molar-refractivity contribution is 0.0615. The Hall–Kier alpha value is -1.79. The predicted molar refractivity (Wildman–Crippen MR) is 69.4 cm³/mol. The number of aliphatic hydroxyl groups excluding tert-OH is 1. The molecule has 0 fully saturated rings. The van der Waals surface area contributed by atoms with Crippen LogP contribution in [0.3, 0.4) is 0 Å². The van der Waals surface area contributed by atoms with Crippen LogP contribution in [0.25, 0.3) is 11.1 Å². The molecular weight excluding hydrogens is 234 g/mol. The van der Waals surface area contributed by atoms with Crippen molar-refractivity contribution in [2.75, 3.05) is 31.3 Å². The van der Waals surface area contributed by atoms with E-state index in [-0.39, 0.29) is 0 Å². The van der Waals surface area contributed by atoms with E-state index in [1.165, 1.54) is 0 Å². The van der Waals surface area contributed by atoms with Crippen LogP contribution in [-0.4, -0.2) is 36.5 Å². The highest BCUT2D eigenvalue weighted by Gasteiger charge is 2.08. The third kappa shape index (κ3) is 2.91. The van der Waals surface area contributed by atoms with Crippen LogP contribution in [0.1, 0.15) is 6.42 Å². The molecule has 2 rings (SSSR count). The van der Waals surface area contributed by atoms with Crippen molar-refractivity contribution < 1.29 is 14.3 Å². The van der Waals surface area contributed by atoms with Crippen molar-refractivity contribution in [1.82, 2.24) is 4.98 Å². The molecule has 0 radical (unpaired) electrons. The van der Waals surface area contributed by atoms with Gasteiger partial charge in [0.1, 0.15) is 5.52 Å². The van der Waals surface area contributed by atoms with E-state index in [2.05, 4.69) is 10.3 Å². The summed E-state index contributed by atoms with van der Waals surface area (Å²) in [6.07, 6.45) is 0.0686. The normalized spacial score (nSPS) is 12.8. The third-order valence-electron chi connectivity index (χ3n) is 2.56. The van der Waals surface area contributed by atoms with Crippen molar-refractivity contribution in [3.05, 3.63) is 18.2 Å². The molecule has 6 heteroatoms. The molecule has 98 valence electrons. The van der Waals surface area contributed by atoms with Gasteiger partial charge in [-0.25, -0.2) is 0 Å². The fourth-order valence-electron chi connectivity index (χ4n) is 1.67. The second-order valence-corrected chi connectivity index (χ2v) is 4.04. The van der Waals surface area contributed by atoms with Crippen LogP contribution >= 0.6 is 0 Å². The number of nitrogens with one attached hydrogen (secondary N) is 1. The second-order valence-electron chi connectivity index (χ2n) is 4.04. The number of hydrogen-bond acceptors (Lipinski definition) is 6. The largest absolute Gasteiger partial charge is 0.423 e. The van der Waals surface area contributed by atoms with Crippen LogP contribution in [0.5, 0.6) is 0 Å². The minimum absolute atomic E-state index is 0.322. The molecular formula is C12H17N3O3. The number of para-hydroxylation sites is 1. The summed E-state index contributed by atoms with van der Waals surface area (Å²) < 4.78 is 10.3. The lowest BCUT2D eigenvalue weighted by Gasteiger charge is -2.08. The number of ether oxygens (including phenoxy) is 1. The maximum atomic E-state index is 9.48. The summed E-state index contributed by atoms with van der Waals surface area (Å²) in [6.45, 7) is 0.874. The van der Waals surface area contributed by atoms with E-state index in [9.17, 15) is 5.11 Å². The number of nitrogen functional groups attached to an aromatic ring is 1. The predicted octanol–water partition coefficient (Wildman–Crippen LogP) is 1.22. The molecule has 1 atom stereocenters. The van der Waals surface area contributed by atoms with Crippen molar-refractivity contribution in [3.8, 4) is 0 Å². The zero-order chi connectivity index (χ0) is 13.0. The average Bonchev–Trinajstić information content (AvgIpc) is 2.74. The zero-order valence-corrected chi connectivity index (χ0v) is 10.2. The summed E-state index contributed by atoms with van der Waals surface area (Å²) >= 11 is 0. The highest BCUT2D eigenvalue weighted by Crippen LogP contribution is 2.23. The van der Waals surface area contributed by atoms with E-state index in [1.807, 2.05) is 12.1 Å². The number of aliphatic hydroxyl groups is 1. The highest BCUT2D eigenvalue weighted by atomic mass is 16.5. The maximum Gasteiger partial charge on any atom is 0.295 e. The number of hydrogen-bond donors (Lipinski definition) is 3. The average molecular weight is 251 g/mol. The van der Waals surface area contributed by atoms with Crippen molar-refractivity contribution in [1.29, 1.82) is 0 Å². The van der Waals surface area contributed by atoms with Gasteiger partial charge in [0, 0.05) is 13.7 Å². The number of methoxy groups -OCH3 is 1. The van der Waals surface area contributed by atoms with Crippen molar-refractivity contribution in [2.24, 2.45) is 0 Å². The number of anilines is 2. The van der Waals surface area contributed by atoms with Crippen LogP contribution in [0.4, 0.5) is 11.7 Å². The first-order valence-corrected chi connectivity index (χ1v) is 5.76. The van der Waals surface area contributed by atoms with Crippen LogP contribution in [0.2, 0.25) is 0 Å². The van der Waals surface area contributed by atoms with Gasteiger partial charge in [-0.1, -0.05) is 6.07 Å². The second kappa shape index (κ2) is 5.70. The molecule has 1 aromatic carbocycles. The Morgan fingerprint density at radius 3 is 3.11 bits per heavy atom. The molecule has 6 nitrogen and oxygen atoms in total. The quantitative estimate of drug-likeness (QED) is 0.668. The minimum Gasteiger partial charge on any atom is -0.423 e. The Balaban J connectivity index is 1.94. The van der Waals surface area contributed by atoms with Gasteiger partial charge in [0.25, 0.3) is 6.01 Å². The van der Waals surface area contributed by atoms with E-state index in [0.29, 0.717) is 42.4 Å². The number of aromatic nitrogens is 1. The molecule has 0 bridgehead atoms. The lowest BCUT2D eigenvalue weighted by Crippen LogP contribution is -2.18. The molecule has 2 aromatic rings. The first-order chi connectivity index (χ1) is 8.70. The number of oxazole rings is 1. The summed E-state index contributed by atoms with van der Waals surface area (Å²) in [5.41, 5.74) is 7.66. The van der Waals surface area contributed by atoms with Gasteiger partial charge in [-0.2, -0.15) is 4.98 Å². The smallest absolute Gasteiger partial charge is 0.295 e. The van der Waals surface area contributed by atoms with Gasteiger partial charge >= 0.3 is 0 Å². The first-order valence-electron chi connectivity index (χ1n) is 5.76. The van der Waals surface area contributed by atoms with Gasteiger partial charge < -0.3 is 25.3 Å². The van der Waals surface area contributed by atoms with E-state index < -0.39 is 6.10 Å². The van der Waals surface area contributed by atoms with Crippen LogP contribution in [-0.2, 0) is 4.74 Å². The fourth-order valence-corrected chi connectivity index (χ4v) is 1.67. The summed E-state index contributed by atoms with van der Waals surface area (Å²) in [4.78, 5) is 4.24. The van der Waals surface area contributed by atoms with Gasteiger partial charge in [0.15, 0.2) is 5.58 Å². The zero-order valence-electron chi connectivity index (χ0n) is 10.2. The molecule has 1 heterocycles. The standard InChI is InChI=1S/C12H17N3O3/c1-17-7-8(16)5-6-14-12-15-11-9(13)3-2-4-10(11)18-12/h2-4,8,16H,5-7,13H2,1H3,(H,14,15). The minimum atomic E-state index is -0.489. The summed E-state index contributed by atoms with van der Waals surface area (Å²) in [5, 5.41) is 12.5. The summed E-state index contributed by atoms with van der Waals surface area (Å²) in [7, 11) is 1.56. The number of rotatable bonds is 6. The molecule has 0 amide bonds. The van der Waals surface area contributed by atoms with Gasteiger partial charge in [-0.3, -0.25) is 0 Å². The maximum absolute atomic E-state index is 9.48. The van der Waals surface area contributed by atoms with E-state index in [1.54, 1.807) is 13.2 Å². The third-order valence-corrected chi connectivity index (χ3v) is 2.56. The molecule has 1 unspecified atom stereocenters. The highest BCUT2D eigenvalue weighted by molar-refractivity contribution is 5.86. The number of nitrogens with zero attached hydrogens (tertiary/aromatic N) is 1. The Bertz CT molecular complexity index is 512. The first kappa shape index (κ1) is 12.7. The van der Waals surface area contributed by atoms with Crippen LogP contribution < -0.4 is 11.1 Å². The van der Waals surface area contributed by atoms with Gasteiger partial charge in [-0.15, -0.1) is 0 Å². The Labute approximate surface area is 105 Å². The topological polar surface area (TPSA) is 93.5 Å². The lowest BCUT2D eigenvalue weighted by atomic mass is 10.3. The molecule has 0 aliphatic heterocycles. The Morgan fingerprint density at radius 1 is 1.56 bits per heavy atom. The molecule has 0 saturated heterocycles. The van der Waals surface area contributed by atoms with E-state index in [4.69, 9.17) is 14.9 Å². The number of benzene rings is 1. The molecule has 0 spiro atoms. The van der Waals surface area contributed by atoms with Gasteiger partial charge in [-0.05, 0) is 18.6 Å². The van der Waals surface area contributed by atoms with Crippen molar-refractivity contribution >= 4 is 22.8 Å². The molecule has 0 saturated carbocycles. The molecule has 0 aliphatic rings. The number of nitrogens with two attached hydrogens (primary N) is 1. The van der Waals surface area contributed by atoms with Crippen LogP contribution in [0, 0.1) is 0 Å². The monoisotopic (exact) mass is 251 g/mol.